The van der Waals surface area contributed by atoms with E-state index in [1.165, 1.54) is 4.90 Å². The maximum Gasteiger partial charge on any atom is 0.264 e. The van der Waals surface area contributed by atoms with Gasteiger partial charge in [-0.3, -0.25) is 9.59 Å². The highest BCUT2D eigenvalue weighted by Gasteiger charge is 2.51. The number of Topliss-reactive ketones (excluding diaryl/α,β-unsaturated/α-hetero) is 1. The topological polar surface area (TPSA) is 57.6 Å². The average molecular weight is 454 g/mol. The second kappa shape index (κ2) is 8.12. The summed E-state index contributed by atoms with van der Waals surface area (Å²) < 4.78 is 0. The fourth-order valence-electron chi connectivity index (χ4n) is 4.01. The summed E-state index contributed by atoms with van der Waals surface area (Å²) in [6, 6.07) is 17.7. The first-order chi connectivity index (χ1) is 14.7. The first kappa shape index (κ1) is 21.6. The van der Waals surface area contributed by atoms with Crippen molar-refractivity contribution < 1.29 is 14.7 Å². The van der Waals surface area contributed by atoms with Gasteiger partial charge >= 0.3 is 0 Å². The zero-order valence-electron chi connectivity index (χ0n) is 17.2. The molecular weight excluding hydrogens is 433 g/mol. The van der Waals surface area contributed by atoms with Gasteiger partial charge in [-0.2, -0.15) is 0 Å². The molecule has 4 nitrogen and oxygen atoms in total. The van der Waals surface area contributed by atoms with Crippen molar-refractivity contribution >= 4 is 40.6 Å². The van der Waals surface area contributed by atoms with Gasteiger partial charge in [0.1, 0.15) is 0 Å². The molecule has 6 heteroatoms. The number of carbonyl (C=O) groups excluding carboxylic acids is 2. The smallest absolute Gasteiger partial charge is 0.264 e. The summed E-state index contributed by atoms with van der Waals surface area (Å²) in [6.07, 6.45) is -0.373. The first-order valence-corrected chi connectivity index (χ1v) is 10.6. The summed E-state index contributed by atoms with van der Waals surface area (Å²) in [5.41, 5.74) is 1.81. The number of rotatable bonds is 5. The third kappa shape index (κ3) is 3.87. The lowest BCUT2D eigenvalue weighted by molar-refractivity contribution is -0.136. The van der Waals surface area contributed by atoms with Crippen LogP contribution in [0.25, 0.3) is 0 Å². The van der Waals surface area contributed by atoms with Crippen LogP contribution in [0, 0.1) is 13.8 Å². The lowest BCUT2D eigenvalue weighted by atomic mass is 9.87. The number of aryl methyl sites for hydroxylation is 2. The molecule has 1 heterocycles. The molecule has 158 valence electrons. The Bertz CT molecular complexity index is 1210. The minimum Gasteiger partial charge on any atom is -0.375 e. The van der Waals surface area contributed by atoms with E-state index in [0.717, 1.165) is 16.7 Å². The van der Waals surface area contributed by atoms with Crippen LogP contribution in [0.15, 0.2) is 60.7 Å². The van der Waals surface area contributed by atoms with Gasteiger partial charge in [0, 0.05) is 21.2 Å². The molecule has 0 saturated carbocycles. The van der Waals surface area contributed by atoms with Gasteiger partial charge in [0.2, 0.25) is 0 Å². The van der Waals surface area contributed by atoms with Crippen LogP contribution in [-0.4, -0.2) is 16.8 Å². The Hall–Kier alpha value is -2.66. The van der Waals surface area contributed by atoms with E-state index in [-0.39, 0.29) is 18.7 Å². The second-order valence-electron chi connectivity index (χ2n) is 7.92. The average Bonchev–Trinajstić information content (AvgIpc) is 2.92. The highest BCUT2D eigenvalue weighted by Crippen LogP contribution is 2.45. The minimum absolute atomic E-state index is 0.174. The first-order valence-electron chi connectivity index (χ1n) is 9.89. The van der Waals surface area contributed by atoms with E-state index >= 15 is 0 Å². The SMILES string of the molecule is Cc1ccc(C)c(C(=O)C[C@@]2(O)C(=O)N(Cc3ccccc3Cl)c3ccc(Cl)cc32)c1. The third-order valence-corrected chi connectivity index (χ3v) is 6.29. The largest absolute Gasteiger partial charge is 0.375 e. The van der Waals surface area contributed by atoms with Crippen LogP contribution in [0.5, 0.6) is 0 Å². The van der Waals surface area contributed by atoms with Gasteiger partial charge in [0.05, 0.1) is 18.7 Å². The molecule has 0 aromatic heterocycles. The molecule has 1 atom stereocenters. The second-order valence-corrected chi connectivity index (χ2v) is 8.77. The lowest BCUT2D eigenvalue weighted by Gasteiger charge is -2.23. The molecule has 4 rings (SSSR count). The van der Waals surface area contributed by atoms with Crippen molar-refractivity contribution in [3.05, 3.63) is 98.5 Å². The molecule has 1 N–H and O–H groups in total. The van der Waals surface area contributed by atoms with E-state index in [4.69, 9.17) is 23.2 Å². The number of nitrogens with zero attached hydrogens (tertiary/aromatic N) is 1. The van der Waals surface area contributed by atoms with Gasteiger partial charge in [0.15, 0.2) is 11.4 Å². The number of carbonyl (C=O) groups is 2. The fraction of sp³-hybridized carbons (Fsp3) is 0.200. The maximum absolute atomic E-state index is 13.5. The Labute approximate surface area is 191 Å². The zero-order chi connectivity index (χ0) is 22.3. The zero-order valence-corrected chi connectivity index (χ0v) is 18.7. The van der Waals surface area contributed by atoms with Gasteiger partial charge in [-0.05, 0) is 55.3 Å². The molecule has 1 aliphatic rings. The predicted molar refractivity (Wildman–Crippen MR) is 123 cm³/mol. The van der Waals surface area contributed by atoms with E-state index in [1.807, 2.05) is 44.2 Å². The molecule has 1 amide bonds. The van der Waals surface area contributed by atoms with Crippen LogP contribution < -0.4 is 4.90 Å². The van der Waals surface area contributed by atoms with Crippen LogP contribution in [0.4, 0.5) is 5.69 Å². The number of amides is 1. The van der Waals surface area contributed by atoms with Crippen molar-refractivity contribution in [1.82, 2.24) is 0 Å². The Balaban J connectivity index is 1.74. The molecule has 0 aliphatic carbocycles. The third-order valence-electron chi connectivity index (χ3n) is 5.69. The molecule has 0 radical (unpaired) electrons. The summed E-state index contributed by atoms with van der Waals surface area (Å²) in [5.74, 6) is -0.870. The van der Waals surface area contributed by atoms with Crippen molar-refractivity contribution in [2.75, 3.05) is 4.90 Å². The van der Waals surface area contributed by atoms with Crippen molar-refractivity contribution in [1.29, 1.82) is 0 Å². The Kier molecular flexibility index (Phi) is 5.65. The minimum atomic E-state index is -2.01. The van der Waals surface area contributed by atoms with Crippen LogP contribution >= 0.6 is 23.2 Å². The molecular formula is C25H21Cl2NO3. The number of anilines is 1. The molecule has 0 bridgehead atoms. The molecule has 0 saturated heterocycles. The number of fused-ring (bicyclic) bond motifs is 1. The number of ketones is 1. The standard InChI is InChI=1S/C25H21Cl2NO3/c1-15-7-8-16(2)19(11-15)23(29)13-25(31)20-12-18(26)9-10-22(20)28(24(25)30)14-17-5-3-4-6-21(17)27/h3-12,31H,13-14H2,1-2H3/t25-/m0/s1. The van der Waals surface area contributed by atoms with Gasteiger partial charge < -0.3 is 10.0 Å². The molecule has 0 spiro atoms. The Morgan fingerprint density at radius 2 is 1.77 bits per heavy atom. The number of hydrogen-bond acceptors (Lipinski definition) is 3. The predicted octanol–water partition coefficient (Wildman–Crippen LogP) is 5.62. The quantitative estimate of drug-likeness (QED) is 0.510. The Morgan fingerprint density at radius 1 is 1.03 bits per heavy atom. The number of halogens is 2. The number of hydrogen-bond donors (Lipinski definition) is 1. The lowest BCUT2D eigenvalue weighted by Crippen LogP contribution is -2.41. The van der Waals surface area contributed by atoms with E-state index in [1.54, 1.807) is 30.3 Å². The Morgan fingerprint density at radius 3 is 2.52 bits per heavy atom. The highest BCUT2D eigenvalue weighted by molar-refractivity contribution is 6.31. The normalized spacial score (nSPS) is 17.7. The van der Waals surface area contributed by atoms with Crippen molar-refractivity contribution in [3.63, 3.8) is 0 Å². The van der Waals surface area contributed by atoms with E-state index in [2.05, 4.69) is 0 Å². The van der Waals surface area contributed by atoms with Crippen molar-refractivity contribution in [2.45, 2.75) is 32.4 Å². The highest BCUT2D eigenvalue weighted by atomic mass is 35.5. The fourth-order valence-corrected chi connectivity index (χ4v) is 4.38. The molecule has 3 aromatic carbocycles. The van der Waals surface area contributed by atoms with Gasteiger partial charge in [0.25, 0.3) is 5.91 Å². The summed E-state index contributed by atoms with van der Waals surface area (Å²) in [5, 5.41) is 12.4. The summed E-state index contributed by atoms with van der Waals surface area (Å²) >= 11 is 12.5. The number of benzene rings is 3. The molecule has 31 heavy (non-hydrogen) atoms. The van der Waals surface area contributed by atoms with E-state index in [0.29, 0.717) is 26.9 Å². The number of aliphatic hydroxyl groups is 1. The molecule has 1 aliphatic heterocycles. The van der Waals surface area contributed by atoms with Crippen molar-refractivity contribution in [2.24, 2.45) is 0 Å². The van der Waals surface area contributed by atoms with Gasteiger partial charge in [-0.15, -0.1) is 0 Å². The van der Waals surface area contributed by atoms with Gasteiger partial charge in [-0.25, -0.2) is 0 Å². The summed E-state index contributed by atoms with van der Waals surface area (Å²) in [4.78, 5) is 28.1. The van der Waals surface area contributed by atoms with Crippen LogP contribution in [-0.2, 0) is 16.9 Å². The van der Waals surface area contributed by atoms with Crippen molar-refractivity contribution in [3.8, 4) is 0 Å². The summed E-state index contributed by atoms with van der Waals surface area (Å²) in [6.45, 7) is 3.90. The van der Waals surface area contributed by atoms with Crippen LogP contribution in [0.2, 0.25) is 10.0 Å². The van der Waals surface area contributed by atoms with E-state index < -0.39 is 11.5 Å². The van der Waals surface area contributed by atoms with E-state index in [9.17, 15) is 14.7 Å². The molecule has 0 fully saturated rings. The molecule has 0 unspecified atom stereocenters. The monoisotopic (exact) mass is 453 g/mol. The maximum atomic E-state index is 13.5. The van der Waals surface area contributed by atoms with Gasteiger partial charge in [-0.1, -0.05) is 59.1 Å². The van der Waals surface area contributed by atoms with Crippen LogP contribution in [0.1, 0.15) is 39.0 Å². The summed E-state index contributed by atoms with van der Waals surface area (Å²) in [7, 11) is 0. The molecule has 3 aromatic rings. The van der Waals surface area contributed by atoms with Crippen LogP contribution in [0.3, 0.4) is 0 Å².